The standard InChI is InChI=1S/C16H26N2O2/c1-10-7-12(8-11(2)13(10)20-6)9-18-14(15(17)19)16(3,4)5/h7-8,14,18H,9H2,1-6H3,(H2,17,19). The minimum absolute atomic E-state index is 0.206. The van der Waals surface area contributed by atoms with Gasteiger partial charge in [-0.3, -0.25) is 4.79 Å². The molecule has 1 aromatic carbocycles. The van der Waals surface area contributed by atoms with Gasteiger partial charge < -0.3 is 15.8 Å². The minimum atomic E-state index is -0.356. The van der Waals surface area contributed by atoms with Crippen LogP contribution in [0.1, 0.15) is 37.5 Å². The normalized spacial score (nSPS) is 13.1. The van der Waals surface area contributed by atoms with E-state index in [2.05, 4.69) is 17.4 Å². The molecule has 0 aliphatic carbocycles. The van der Waals surface area contributed by atoms with Crippen LogP contribution in [0.3, 0.4) is 0 Å². The summed E-state index contributed by atoms with van der Waals surface area (Å²) in [6.07, 6.45) is 0. The molecule has 0 bridgehead atoms. The summed E-state index contributed by atoms with van der Waals surface area (Å²) in [7, 11) is 1.68. The van der Waals surface area contributed by atoms with E-state index in [9.17, 15) is 4.79 Å². The van der Waals surface area contributed by atoms with E-state index in [1.807, 2.05) is 34.6 Å². The van der Waals surface area contributed by atoms with Crippen molar-refractivity contribution in [3.63, 3.8) is 0 Å². The van der Waals surface area contributed by atoms with Gasteiger partial charge in [0.1, 0.15) is 5.75 Å². The number of methoxy groups -OCH3 is 1. The lowest BCUT2D eigenvalue weighted by Gasteiger charge is -2.29. The maximum Gasteiger partial charge on any atom is 0.235 e. The molecule has 0 radical (unpaired) electrons. The van der Waals surface area contributed by atoms with E-state index in [1.54, 1.807) is 7.11 Å². The number of rotatable bonds is 5. The first-order chi connectivity index (χ1) is 9.16. The fourth-order valence-corrected chi connectivity index (χ4v) is 2.52. The predicted octanol–water partition coefficient (Wildman–Crippen LogP) is 2.30. The molecule has 1 amide bonds. The van der Waals surface area contributed by atoms with Crippen LogP contribution >= 0.6 is 0 Å². The van der Waals surface area contributed by atoms with Crippen LogP contribution in [0.15, 0.2) is 12.1 Å². The van der Waals surface area contributed by atoms with Crippen LogP contribution in [0.2, 0.25) is 0 Å². The van der Waals surface area contributed by atoms with E-state index in [0.717, 1.165) is 22.4 Å². The van der Waals surface area contributed by atoms with Gasteiger partial charge in [0, 0.05) is 6.54 Å². The summed E-state index contributed by atoms with van der Waals surface area (Å²) in [6, 6.07) is 3.78. The molecular formula is C16H26N2O2. The molecule has 0 heterocycles. The van der Waals surface area contributed by atoms with Crippen molar-refractivity contribution in [2.45, 2.75) is 47.2 Å². The van der Waals surface area contributed by atoms with Crippen molar-refractivity contribution in [1.82, 2.24) is 5.32 Å². The van der Waals surface area contributed by atoms with Crippen LogP contribution in [-0.4, -0.2) is 19.1 Å². The number of nitrogens with two attached hydrogens (primary N) is 1. The van der Waals surface area contributed by atoms with Crippen LogP contribution in [0.25, 0.3) is 0 Å². The zero-order chi connectivity index (χ0) is 15.5. The fraction of sp³-hybridized carbons (Fsp3) is 0.562. The number of amides is 1. The van der Waals surface area contributed by atoms with Gasteiger partial charge in [-0.1, -0.05) is 32.9 Å². The fourth-order valence-electron chi connectivity index (χ4n) is 2.52. The summed E-state index contributed by atoms with van der Waals surface area (Å²) < 4.78 is 5.35. The van der Waals surface area contributed by atoms with Crippen molar-refractivity contribution < 1.29 is 9.53 Å². The number of nitrogens with one attached hydrogen (secondary N) is 1. The molecule has 1 atom stereocenters. The third-order valence-electron chi connectivity index (χ3n) is 3.39. The molecule has 0 saturated heterocycles. The van der Waals surface area contributed by atoms with Crippen LogP contribution in [0, 0.1) is 19.3 Å². The van der Waals surface area contributed by atoms with E-state index in [0.29, 0.717) is 6.54 Å². The molecule has 1 unspecified atom stereocenters. The molecule has 0 aliphatic rings. The first-order valence-electron chi connectivity index (χ1n) is 6.83. The van der Waals surface area contributed by atoms with Crippen molar-refractivity contribution in [1.29, 1.82) is 0 Å². The third-order valence-corrected chi connectivity index (χ3v) is 3.39. The number of hydrogen-bond donors (Lipinski definition) is 2. The summed E-state index contributed by atoms with van der Waals surface area (Å²) in [5.41, 5.74) is 8.57. The van der Waals surface area contributed by atoms with Gasteiger partial charge in [0.05, 0.1) is 13.2 Å². The molecular weight excluding hydrogens is 252 g/mol. The Morgan fingerprint density at radius 1 is 1.30 bits per heavy atom. The lowest BCUT2D eigenvalue weighted by molar-refractivity contribution is -0.122. The molecule has 0 fully saturated rings. The molecule has 0 saturated carbocycles. The monoisotopic (exact) mass is 278 g/mol. The minimum Gasteiger partial charge on any atom is -0.496 e. The average Bonchev–Trinajstić information content (AvgIpc) is 2.26. The Kier molecular flexibility index (Phi) is 5.17. The molecule has 4 heteroatoms. The first-order valence-corrected chi connectivity index (χ1v) is 6.83. The number of aryl methyl sites for hydroxylation is 2. The molecule has 0 aromatic heterocycles. The van der Waals surface area contributed by atoms with Crippen molar-refractivity contribution in [2.24, 2.45) is 11.1 Å². The van der Waals surface area contributed by atoms with E-state index in [4.69, 9.17) is 10.5 Å². The van der Waals surface area contributed by atoms with E-state index in [1.165, 1.54) is 0 Å². The van der Waals surface area contributed by atoms with Gasteiger partial charge in [-0.05, 0) is 36.0 Å². The van der Waals surface area contributed by atoms with Gasteiger partial charge in [-0.15, -0.1) is 0 Å². The van der Waals surface area contributed by atoms with E-state index < -0.39 is 0 Å². The van der Waals surface area contributed by atoms with Crippen LogP contribution in [0.5, 0.6) is 5.75 Å². The Morgan fingerprint density at radius 2 is 1.80 bits per heavy atom. The van der Waals surface area contributed by atoms with Gasteiger partial charge in [0.25, 0.3) is 0 Å². The molecule has 0 spiro atoms. The number of carbonyl (C=O) groups is 1. The number of hydrogen-bond acceptors (Lipinski definition) is 3. The summed E-state index contributed by atoms with van der Waals surface area (Å²) in [4.78, 5) is 11.5. The lowest BCUT2D eigenvalue weighted by atomic mass is 9.86. The highest BCUT2D eigenvalue weighted by Gasteiger charge is 2.28. The van der Waals surface area contributed by atoms with E-state index in [-0.39, 0.29) is 17.4 Å². The number of carbonyl (C=O) groups excluding carboxylic acids is 1. The smallest absolute Gasteiger partial charge is 0.235 e. The molecule has 1 aromatic rings. The van der Waals surface area contributed by atoms with E-state index >= 15 is 0 Å². The maximum absolute atomic E-state index is 11.5. The van der Waals surface area contributed by atoms with Crippen molar-refractivity contribution >= 4 is 5.91 Å². The average molecular weight is 278 g/mol. The Morgan fingerprint density at radius 3 is 2.15 bits per heavy atom. The summed E-state index contributed by atoms with van der Waals surface area (Å²) in [5, 5.41) is 3.25. The largest absolute Gasteiger partial charge is 0.496 e. The van der Waals surface area contributed by atoms with Gasteiger partial charge in [0.2, 0.25) is 5.91 Å². The third kappa shape index (κ3) is 3.97. The van der Waals surface area contributed by atoms with Gasteiger partial charge in [-0.25, -0.2) is 0 Å². The maximum atomic E-state index is 11.5. The summed E-state index contributed by atoms with van der Waals surface area (Å²) in [6.45, 7) is 10.6. The number of ether oxygens (including phenoxy) is 1. The summed E-state index contributed by atoms with van der Waals surface area (Å²) in [5.74, 6) is 0.593. The van der Waals surface area contributed by atoms with Crippen LogP contribution < -0.4 is 15.8 Å². The number of benzene rings is 1. The SMILES string of the molecule is COc1c(C)cc(CNC(C(N)=O)C(C)(C)C)cc1C. The van der Waals surface area contributed by atoms with Crippen LogP contribution in [0.4, 0.5) is 0 Å². The van der Waals surface area contributed by atoms with Gasteiger partial charge >= 0.3 is 0 Å². The lowest BCUT2D eigenvalue weighted by Crippen LogP contribution is -2.49. The highest BCUT2D eigenvalue weighted by Crippen LogP contribution is 2.25. The summed E-state index contributed by atoms with van der Waals surface area (Å²) >= 11 is 0. The second-order valence-electron chi connectivity index (χ2n) is 6.35. The Labute approximate surface area is 121 Å². The Hall–Kier alpha value is -1.55. The Balaban J connectivity index is 2.87. The molecule has 4 nitrogen and oxygen atoms in total. The van der Waals surface area contributed by atoms with Crippen molar-refractivity contribution in [2.75, 3.05) is 7.11 Å². The second-order valence-corrected chi connectivity index (χ2v) is 6.35. The molecule has 112 valence electrons. The topological polar surface area (TPSA) is 64.3 Å². The highest BCUT2D eigenvalue weighted by atomic mass is 16.5. The van der Waals surface area contributed by atoms with Crippen LogP contribution in [-0.2, 0) is 11.3 Å². The second kappa shape index (κ2) is 6.27. The van der Waals surface area contributed by atoms with Gasteiger partial charge in [0.15, 0.2) is 0 Å². The zero-order valence-electron chi connectivity index (χ0n) is 13.3. The number of primary amides is 1. The quantitative estimate of drug-likeness (QED) is 0.868. The van der Waals surface area contributed by atoms with Gasteiger partial charge in [-0.2, -0.15) is 0 Å². The molecule has 3 N–H and O–H groups in total. The highest BCUT2D eigenvalue weighted by molar-refractivity contribution is 5.80. The molecule has 20 heavy (non-hydrogen) atoms. The molecule has 1 rings (SSSR count). The molecule has 0 aliphatic heterocycles. The Bertz CT molecular complexity index is 467. The first kappa shape index (κ1) is 16.5. The predicted molar refractivity (Wildman–Crippen MR) is 81.7 cm³/mol. The van der Waals surface area contributed by atoms with Crippen molar-refractivity contribution in [3.8, 4) is 5.75 Å². The van der Waals surface area contributed by atoms with Crippen molar-refractivity contribution in [3.05, 3.63) is 28.8 Å². The zero-order valence-corrected chi connectivity index (χ0v) is 13.3.